The third kappa shape index (κ3) is 4.06. The fourth-order valence-corrected chi connectivity index (χ4v) is 2.33. The van der Waals surface area contributed by atoms with E-state index < -0.39 is 5.97 Å². The smallest absolute Gasteiger partial charge is 0.305 e. The molecular formula is C17H23NO3. The van der Waals surface area contributed by atoms with E-state index in [-0.39, 0.29) is 23.8 Å². The Morgan fingerprint density at radius 1 is 1.19 bits per heavy atom. The second-order valence-electron chi connectivity index (χ2n) is 6.70. The molecular weight excluding hydrogens is 266 g/mol. The van der Waals surface area contributed by atoms with Gasteiger partial charge in [-0.15, -0.1) is 0 Å². The SMILES string of the molecule is CC(C)(C)c1ccc(C(=O)N(CCC(=O)O)C2CC2)cc1. The number of hydrogen-bond acceptors (Lipinski definition) is 2. The van der Waals surface area contributed by atoms with Crippen LogP contribution in [0.25, 0.3) is 0 Å². The summed E-state index contributed by atoms with van der Waals surface area (Å²) in [5.74, 6) is -0.921. The van der Waals surface area contributed by atoms with Crippen LogP contribution in [0, 0.1) is 0 Å². The van der Waals surface area contributed by atoms with Crippen LogP contribution in [-0.2, 0) is 10.2 Å². The molecule has 0 atom stereocenters. The fourth-order valence-electron chi connectivity index (χ4n) is 2.33. The number of carboxylic acids is 1. The van der Waals surface area contributed by atoms with E-state index >= 15 is 0 Å². The van der Waals surface area contributed by atoms with E-state index in [9.17, 15) is 9.59 Å². The van der Waals surface area contributed by atoms with Crippen molar-refractivity contribution in [2.45, 2.75) is 51.5 Å². The molecule has 1 aliphatic rings. The molecule has 114 valence electrons. The van der Waals surface area contributed by atoms with Crippen LogP contribution in [0.15, 0.2) is 24.3 Å². The molecule has 1 aromatic rings. The van der Waals surface area contributed by atoms with E-state index in [2.05, 4.69) is 20.8 Å². The number of aliphatic carboxylic acids is 1. The van der Waals surface area contributed by atoms with E-state index in [4.69, 9.17) is 5.11 Å². The molecule has 4 nitrogen and oxygen atoms in total. The summed E-state index contributed by atoms with van der Waals surface area (Å²) in [7, 11) is 0. The molecule has 4 heteroatoms. The van der Waals surface area contributed by atoms with E-state index in [1.807, 2.05) is 24.3 Å². The van der Waals surface area contributed by atoms with Gasteiger partial charge in [-0.25, -0.2) is 0 Å². The second-order valence-corrected chi connectivity index (χ2v) is 6.70. The lowest BCUT2D eigenvalue weighted by molar-refractivity contribution is -0.137. The number of amides is 1. The summed E-state index contributed by atoms with van der Waals surface area (Å²) in [5.41, 5.74) is 1.88. The van der Waals surface area contributed by atoms with E-state index in [0.29, 0.717) is 12.1 Å². The van der Waals surface area contributed by atoms with Crippen molar-refractivity contribution in [2.24, 2.45) is 0 Å². The van der Waals surface area contributed by atoms with Crippen LogP contribution in [0.4, 0.5) is 0 Å². The molecule has 1 aromatic carbocycles. The normalized spacial score (nSPS) is 14.8. The molecule has 1 aliphatic carbocycles. The summed E-state index contributed by atoms with van der Waals surface area (Å²) in [4.78, 5) is 25.0. The molecule has 0 radical (unpaired) electrons. The number of benzene rings is 1. The monoisotopic (exact) mass is 289 g/mol. The molecule has 0 saturated heterocycles. The van der Waals surface area contributed by atoms with E-state index in [0.717, 1.165) is 12.8 Å². The number of nitrogens with zero attached hydrogens (tertiary/aromatic N) is 1. The number of carbonyl (C=O) groups excluding carboxylic acids is 1. The van der Waals surface area contributed by atoms with Crippen molar-refractivity contribution in [3.05, 3.63) is 35.4 Å². The highest BCUT2D eigenvalue weighted by Crippen LogP contribution is 2.29. The van der Waals surface area contributed by atoms with Gasteiger partial charge in [-0.05, 0) is 36.0 Å². The van der Waals surface area contributed by atoms with Crippen LogP contribution in [0.3, 0.4) is 0 Å². The highest BCUT2D eigenvalue weighted by atomic mass is 16.4. The first-order chi connectivity index (χ1) is 9.79. The first kappa shape index (κ1) is 15.5. The average molecular weight is 289 g/mol. The maximum absolute atomic E-state index is 12.5. The van der Waals surface area contributed by atoms with Crippen LogP contribution in [0.2, 0.25) is 0 Å². The maximum atomic E-state index is 12.5. The van der Waals surface area contributed by atoms with Crippen molar-refractivity contribution < 1.29 is 14.7 Å². The Morgan fingerprint density at radius 3 is 2.19 bits per heavy atom. The molecule has 0 heterocycles. The molecule has 1 fully saturated rings. The van der Waals surface area contributed by atoms with Crippen molar-refractivity contribution in [3.63, 3.8) is 0 Å². The predicted molar refractivity (Wildman–Crippen MR) is 81.5 cm³/mol. The van der Waals surface area contributed by atoms with Gasteiger partial charge in [0.1, 0.15) is 0 Å². The first-order valence-electron chi connectivity index (χ1n) is 7.42. The van der Waals surface area contributed by atoms with Crippen LogP contribution in [-0.4, -0.2) is 34.5 Å². The number of carbonyl (C=O) groups is 2. The standard InChI is InChI=1S/C17H23NO3/c1-17(2,3)13-6-4-12(5-7-13)16(21)18(14-8-9-14)11-10-15(19)20/h4-7,14H,8-11H2,1-3H3,(H,19,20). The summed E-state index contributed by atoms with van der Waals surface area (Å²) in [5, 5.41) is 8.80. The molecule has 21 heavy (non-hydrogen) atoms. The zero-order valence-electron chi connectivity index (χ0n) is 12.9. The lowest BCUT2D eigenvalue weighted by Crippen LogP contribution is -2.35. The predicted octanol–water partition coefficient (Wildman–Crippen LogP) is 3.06. The minimum Gasteiger partial charge on any atom is -0.481 e. The van der Waals surface area contributed by atoms with Gasteiger partial charge in [-0.1, -0.05) is 32.9 Å². The van der Waals surface area contributed by atoms with Gasteiger partial charge in [0, 0.05) is 18.2 Å². The third-order valence-electron chi connectivity index (χ3n) is 3.81. The van der Waals surface area contributed by atoms with Crippen LogP contribution in [0.1, 0.15) is 56.0 Å². The first-order valence-corrected chi connectivity index (χ1v) is 7.42. The van der Waals surface area contributed by atoms with Gasteiger partial charge in [-0.3, -0.25) is 9.59 Å². The van der Waals surface area contributed by atoms with Crippen LogP contribution in [0.5, 0.6) is 0 Å². The molecule has 2 rings (SSSR count). The summed E-state index contributed by atoms with van der Waals surface area (Å²) in [6.45, 7) is 6.69. The Morgan fingerprint density at radius 2 is 1.76 bits per heavy atom. The minimum atomic E-state index is -0.864. The zero-order chi connectivity index (χ0) is 15.6. The molecule has 0 aromatic heterocycles. The number of rotatable bonds is 5. The number of carboxylic acid groups (broad SMARTS) is 1. The van der Waals surface area contributed by atoms with Gasteiger partial charge in [0.05, 0.1) is 6.42 Å². The Labute approximate surface area is 125 Å². The van der Waals surface area contributed by atoms with Gasteiger partial charge in [0.2, 0.25) is 0 Å². The van der Waals surface area contributed by atoms with Crippen molar-refractivity contribution in [1.29, 1.82) is 0 Å². The van der Waals surface area contributed by atoms with Crippen LogP contribution < -0.4 is 0 Å². The maximum Gasteiger partial charge on any atom is 0.305 e. The Bertz CT molecular complexity index is 524. The van der Waals surface area contributed by atoms with Crippen molar-refractivity contribution in [1.82, 2.24) is 4.90 Å². The fraction of sp³-hybridized carbons (Fsp3) is 0.529. The summed E-state index contributed by atoms with van der Waals surface area (Å²) < 4.78 is 0. The Hall–Kier alpha value is -1.84. The molecule has 1 saturated carbocycles. The van der Waals surface area contributed by atoms with Gasteiger partial charge in [-0.2, -0.15) is 0 Å². The molecule has 0 aliphatic heterocycles. The third-order valence-corrected chi connectivity index (χ3v) is 3.81. The lowest BCUT2D eigenvalue weighted by Gasteiger charge is -2.23. The molecule has 0 spiro atoms. The molecule has 0 unspecified atom stereocenters. The molecule has 1 amide bonds. The summed E-state index contributed by atoms with van der Waals surface area (Å²) in [6.07, 6.45) is 1.96. The highest BCUT2D eigenvalue weighted by Gasteiger charge is 2.33. The Balaban J connectivity index is 2.11. The lowest BCUT2D eigenvalue weighted by atomic mass is 9.86. The van der Waals surface area contributed by atoms with E-state index in [1.165, 1.54) is 5.56 Å². The molecule has 1 N–H and O–H groups in total. The average Bonchev–Trinajstić information content (AvgIpc) is 3.22. The van der Waals surface area contributed by atoms with Gasteiger partial charge in [0.15, 0.2) is 0 Å². The minimum absolute atomic E-state index is 0.00230. The zero-order valence-corrected chi connectivity index (χ0v) is 12.9. The number of hydrogen-bond donors (Lipinski definition) is 1. The second kappa shape index (κ2) is 5.88. The van der Waals surface area contributed by atoms with Crippen molar-refractivity contribution >= 4 is 11.9 Å². The summed E-state index contributed by atoms with van der Waals surface area (Å²) in [6, 6.07) is 7.88. The van der Waals surface area contributed by atoms with Gasteiger partial charge >= 0.3 is 5.97 Å². The van der Waals surface area contributed by atoms with Crippen molar-refractivity contribution in [3.8, 4) is 0 Å². The van der Waals surface area contributed by atoms with Gasteiger partial charge < -0.3 is 10.0 Å². The highest BCUT2D eigenvalue weighted by molar-refractivity contribution is 5.94. The van der Waals surface area contributed by atoms with Gasteiger partial charge in [0.25, 0.3) is 5.91 Å². The quantitative estimate of drug-likeness (QED) is 0.906. The van der Waals surface area contributed by atoms with Crippen molar-refractivity contribution in [2.75, 3.05) is 6.54 Å². The largest absolute Gasteiger partial charge is 0.481 e. The topological polar surface area (TPSA) is 57.6 Å². The summed E-state index contributed by atoms with van der Waals surface area (Å²) >= 11 is 0. The van der Waals surface area contributed by atoms with E-state index in [1.54, 1.807) is 4.90 Å². The molecule has 0 bridgehead atoms. The van der Waals surface area contributed by atoms with Crippen LogP contribution >= 0.6 is 0 Å². The Kier molecular flexibility index (Phi) is 4.35.